The molecular formula is C20H23BrN2O4. The Hall–Kier alpha value is -2.54. The number of halogens is 1. The maximum Gasteiger partial charge on any atom is 0.313 e. The highest BCUT2D eigenvalue weighted by Crippen LogP contribution is 2.28. The fourth-order valence-electron chi connectivity index (χ4n) is 2.41. The summed E-state index contributed by atoms with van der Waals surface area (Å²) in [6.07, 6.45) is 0.572. The summed E-state index contributed by atoms with van der Waals surface area (Å²) in [7, 11) is 0. The van der Waals surface area contributed by atoms with Gasteiger partial charge in [0.2, 0.25) is 0 Å². The van der Waals surface area contributed by atoms with E-state index in [0.717, 1.165) is 10.0 Å². The van der Waals surface area contributed by atoms with E-state index >= 15 is 0 Å². The van der Waals surface area contributed by atoms with Crippen LogP contribution in [0.2, 0.25) is 0 Å². The van der Waals surface area contributed by atoms with E-state index in [9.17, 15) is 9.59 Å². The SMILES string of the molecule is CCOc1ccc(CCNC(=O)C(=O)Nc2cccc(Br)c2)cc1OCC. The second kappa shape index (κ2) is 10.6. The molecule has 2 N–H and O–H groups in total. The van der Waals surface area contributed by atoms with E-state index < -0.39 is 11.8 Å². The Morgan fingerprint density at radius 1 is 0.963 bits per heavy atom. The monoisotopic (exact) mass is 434 g/mol. The normalized spacial score (nSPS) is 10.2. The minimum absolute atomic E-state index is 0.338. The third kappa shape index (κ3) is 6.60. The first-order valence-corrected chi connectivity index (χ1v) is 9.56. The van der Waals surface area contributed by atoms with Gasteiger partial charge in [-0.05, 0) is 56.2 Å². The van der Waals surface area contributed by atoms with Gasteiger partial charge in [-0.25, -0.2) is 0 Å². The molecule has 2 rings (SSSR count). The summed E-state index contributed by atoms with van der Waals surface area (Å²) < 4.78 is 11.9. The topological polar surface area (TPSA) is 76.7 Å². The summed E-state index contributed by atoms with van der Waals surface area (Å²) >= 11 is 3.32. The Bertz CT molecular complexity index is 795. The van der Waals surface area contributed by atoms with E-state index in [0.29, 0.717) is 43.4 Å². The van der Waals surface area contributed by atoms with Crippen molar-refractivity contribution in [1.82, 2.24) is 5.32 Å². The van der Waals surface area contributed by atoms with Crippen molar-refractivity contribution in [2.75, 3.05) is 25.1 Å². The number of hydrogen-bond donors (Lipinski definition) is 2. The molecule has 0 saturated heterocycles. The van der Waals surface area contributed by atoms with Crippen LogP contribution < -0.4 is 20.1 Å². The third-order valence-corrected chi connectivity index (χ3v) is 4.09. The number of anilines is 1. The van der Waals surface area contributed by atoms with Gasteiger partial charge in [-0.1, -0.05) is 28.1 Å². The molecule has 6 nitrogen and oxygen atoms in total. The van der Waals surface area contributed by atoms with Crippen LogP contribution in [0.3, 0.4) is 0 Å². The van der Waals surface area contributed by atoms with Gasteiger partial charge in [0.05, 0.1) is 13.2 Å². The standard InChI is InChI=1S/C20H23BrN2O4/c1-3-26-17-9-8-14(12-18(17)27-4-2)10-11-22-19(24)20(25)23-16-7-5-6-15(21)13-16/h5-9,12-13H,3-4,10-11H2,1-2H3,(H,22,24)(H,23,25). The highest BCUT2D eigenvalue weighted by molar-refractivity contribution is 9.10. The smallest absolute Gasteiger partial charge is 0.313 e. The number of benzene rings is 2. The van der Waals surface area contributed by atoms with Gasteiger partial charge in [0.1, 0.15) is 0 Å². The molecule has 2 aromatic carbocycles. The molecule has 0 radical (unpaired) electrons. The summed E-state index contributed by atoms with van der Waals surface area (Å²) in [4.78, 5) is 23.9. The second-order valence-corrected chi connectivity index (χ2v) is 6.53. The number of carbonyl (C=O) groups is 2. The largest absolute Gasteiger partial charge is 0.490 e. The van der Waals surface area contributed by atoms with Crippen LogP contribution in [-0.2, 0) is 16.0 Å². The summed E-state index contributed by atoms with van der Waals surface area (Å²) in [6, 6.07) is 12.7. The number of rotatable bonds is 8. The van der Waals surface area contributed by atoms with Crippen molar-refractivity contribution < 1.29 is 19.1 Å². The Labute approximate surface area is 167 Å². The first-order chi connectivity index (χ1) is 13.0. The van der Waals surface area contributed by atoms with Gasteiger partial charge in [0, 0.05) is 16.7 Å². The zero-order valence-corrected chi connectivity index (χ0v) is 17.0. The molecule has 0 aromatic heterocycles. The minimum Gasteiger partial charge on any atom is -0.490 e. The lowest BCUT2D eigenvalue weighted by Gasteiger charge is -2.12. The van der Waals surface area contributed by atoms with E-state index in [2.05, 4.69) is 26.6 Å². The molecule has 2 amide bonds. The van der Waals surface area contributed by atoms with Crippen molar-refractivity contribution >= 4 is 33.4 Å². The highest BCUT2D eigenvalue weighted by atomic mass is 79.9. The Morgan fingerprint density at radius 2 is 1.70 bits per heavy atom. The Morgan fingerprint density at radius 3 is 2.41 bits per heavy atom. The quantitative estimate of drug-likeness (QED) is 0.622. The highest BCUT2D eigenvalue weighted by Gasteiger charge is 2.13. The van der Waals surface area contributed by atoms with Crippen LogP contribution >= 0.6 is 15.9 Å². The van der Waals surface area contributed by atoms with E-state index in [1.807, 2.05) is 38.1 Å². The third-order valence-electron chi connectivity index (χ3n) is 3.60. The molecule has 0 fully saturated rings. The van der Waals surface area contributed by atoms with E-state index in [1.165, 1.54) is 0 Å². The molecule has 0 aliphatic rings. The first-order valence-electron chi connectivity index (χ1n) is 8.76. The summed E-state index contributed by atoms with van der Waals surface area (Å²) in [6.45, 7) is 5.26. The molecular weight excluding hydrogens is 412 g/mol. The van der Waals surface area contributed by atoms with Crippen LogP contribution in [0.5, 0.6) is 11.5 Å². The van der Waals surface area contributed by atoms with E-state index in [-0.39, 0.29) is 0 Å². The molecule has 0 aliphatic heterocycles. The predicted molar refractivity (Wildman–Crippen MR) is 108 cm³/mol. The molecule has 27 heavy (non-hydrogen) atoms. The van der Waals surface area contributed by atoms with Crippen molar-refractivity contribution in [3.63, 3.8) is 0 Å². The van der Waals surface area contributed by atoms with Crippen molar-refractivity contribution in [3.05, 3.63) is 52.5 Å². The van der Waals surface area contributed by atoms with Gasteiger partial charge >= 0.3 is 11.8 Å². The Balaban J connectivity index is 1.86. The number of hydrogen-bond acceptors (Lipinski definition) is 4. The number of amides is 2. The van der Waals surface area contributed by atoms with Crippen LogP contribution in [0.15, 0.2) is 46.9 Å². The van der Waals surface area contributed by atoms with Gasteiger partial charge < -0.3 is 20.1 Å². The lowest BCUT2D eigenvalue weighted by Crippen LogP contribution is -2.36. The first kappa shape index (κ1) is 20.8. The molecule has 0 saturated carbocycles. The van der Waals surface area contributed by atoms with Crippen LogP contribution in [0, 0.1) is 0 Å². The number of ether oxygens (including phenoxy) is 2. The van der Waals surface area contributed by atoms with Crippen LogP contribution in [0.25, 0.3) is 0 Å². The van der Waals surface area contributed by atoms with Gasteiger partial charge in [-0.3, -0.25) is 9.59 Å². The Kier molecular flexibility index (Phi) is 8.13. The number of carbonyl (C=O) groups excluding carboxylic acids is 2. The molecule has 0 aliphatic carbocycles. The molecule has 0 heterocycles. The molecule has 0 spiro atoms. The molecule has 0 unspecified atom stereocenters. The number of nitrogens with one attached hydrogen (secondary N) is 2. The average Bonchev–Trinajstić information content (AvgIpc) is 2.64. The van der Waals surface area contributed by atoms with Gasteiger partial charge in [0.25, 0.3) is 0 Å². The molecule has 144 valence electrons. The lowest BCUT2D eigenvalue weighted by molar-refractivity contribution is -0.136. The van der Waals surface area contributed by atoms with Crippen molar-refractivity contribution in [2.24, 2.45) is 0 Å². The van der Waals surface area contributed by atoms with Gasteiger partial charge in [-0.15, -0.1) is 0 Å². The zero-order valence-electron chi connectivity index (χ0n) is 15.4. The van der Waals surface area contributed by atoms with Crippen LogP contribution in [0.1, 0.15) is 19.4 Å². The zero-order chi connectivity index (χ0) is 19.6. The average molecular weight is 435 g/mol. The molecule has 0 bridgehead atoms. The molecule has 0 atom stereocenters. The van der Waals surface area contributed by atoms with Crippen LogP contribution in [0.4, 0.5) is 5.69 Å². The summed E-state index contributed by atoms with van der Waals surface area (Å²) in [5.74, 6) is -0.00291. The lowest BCUT2D eigenvalue weighted by atomic mass is 10.1. The molecule has 7 heteroatoms. The fraction of sp³-hybridized carbons (Fsp3) is 0.300. The van der Waals surface area contributed by atoms with Crippen molar-refractivity contribution in [1.29, 1.82) is 0 Å². The minimum atomic E-state index is -0.699. The van der Waals surface area contributed by atoms with Gasteiger partial charge in [-0.2, -0.15) is 0 Å². The van der Waals surface area contributed by atoms with Crippen molar-refractivity contribution in [2.45, 2.75) is 20.3 Å². The van der Waals surface area contributed by atoms with Crippen molar-refractivity contribution in [3.8, 4) is 11.5 Å². The summed E-state index contributed by atoms with van der Waals surface area (Å²) in [5.41, 5.74) is 1.53. The maximum atomic E-state index is 12.0. The summed E-state index contributed by atoms with van der Waals surface area (Å²) in [5, 5.41) is 5.18. The predicted octanol–water partition coefficient (Wildman–Crippen LogP) is 3.54. The molecule has 2 aromatic rings. The fourth-order valence-corrected chi connectivity index (χ4v) is 2.81. The second-order valence-electron chi connectivity index (χ2n) is 5.62. The van der Waals surface area contributed by atoms with E-state index in [1.54, 1.807) is 18.2 Å². The maximum absolute atomic E-state index is 12.0. The van der Waals surface area contributed by atoms with Crippen LogP contribution in [-0.4, -0.2) is 31.6 Å². The van der Waals surface area contributed by atoms with E-state index in [4.69, 9.17) is 9.47 Å². The van der Waals surface area contributed by atoms with Gasteiger partial charge in [0.15, 0.2) is 11.5 Å².